The number of carbonyl (C=O) groups excluding carboxylic acids is 1. The second-order valence-corrected chi connectivity index (χ2v) is 4.89. The molecule has 0 bridgehead atoms. The van der Waals surface area contributed by atoms with E-state index in [1.807, 2.05) is 0 Å². The highest BCUT2D eigenvalue weighted by atomic mass is 35.5. The average molecular weight is 235 g/mol. The van der Waals surface area contributed by atoms with Crippen molar-refractivity contribution in [2.75, 3.05) is 0 Å². The lowest BCUT2D eigenvalue weighted by Crippen LogP contribution is -2.02. The first-order valence-corrected chi connectivity index (χ1v) is 5.92. The van der Waals surface area contributed by atoms with Gasteiger partial charge in [0, 0.05) is 16.5 Å². The van der Waals surface area contributed by atoms with Crippen molar-refractivity contribution in [2.45, 2.75) is 32.6 Å². The lowest BCUT2D eigenvalue weighted by molar-refractivity contribution is -0.105. The summed E-state index contributed by atoms with van der Waals surface area (Å²) in [4.78, 5) is 11.0. The SMILES string of the molecule is Cc1ccc(C2CCC(Cl)=C2C=O)c(C)c1. The Morgan fingerprint density at radius 1 is 1.38 bits per heavy atom. The molecule has 0 radical (unpaired) electrons. The van der Waals surface area contributed by atoms with Crippen LogP contribution in [-0.2, 0) is 4.79 Å². The van der Waals surface area contributed by atoms with E-state index in [1.165, 1.54) is 16.7 Å². The number of carbonyl (C=O) groups is 1. The first kappa shape index (κ1) is 11.4. The summed E-state index contributed by atoms with van der Waals surface area (Å²) in [6, 6.07) is 6.37. The lowest BCUT2D eigenvalue weighted by Gasteiger charge is -2.15. The van der Waals surface area contributed by atoms with Crippen LogP contribution in [0.5, 0.6) is 0 Å². The number of aldehydes is 1. The molecule has 1 aliphatic rings. The maximum atomic E-state index is 11.0. The van der Waals surface area contributed by atoms with Gasteiger partial charge in [0.15, 0.2) is 0 Å². The van der Waals surface area contributed by atoms with Crippen LogP contribution in [0.15, 0.2) is 28.8 Å². The number of halogens is 1. The Hall–Kier alpha value is -1.08. The van der Waals surface area contributed by atoms with E-state index in [9.17, 15) is 4.79 Å². The van der Waals surface area contributed by atoms with E-state index in [0.717, 1.165) is 29.7 Å². The van der Waals surface area contributed by atoms with Gasteiger partial charge >= 0.3 is 0 Å². The largest absolute Gasteiger partial charge is 0.298 e. The molecule has 0 aliphatic heterocycles. The fraction of sp³-hybridized carbons (Fsp3) is 0.357. The third-order valence-corrected chi connectivity index (χ3v) is 3.68. The van der Waals surface area contributed by atoms with Gasteiger partial charge in [-0.05, 0) is 37.8 Å². The van der Waals surface area contributed by atoms with Crippen LogP contribution in [0, 0.1) is 13.8 Å². The smallest absolute Gasteiger partial charge is 0.147 e. The summed E-state index contributed by atoms with van der Waals surface area (Å²) < 4.78 is 0. The van der Waals surface area contributed by atoms with Gasteiger partial charge in [-0.15, -0.1) is 0 Å². The third-order valence-electron chi connectivity index (χ3n) is 3.27. The Bertz CT molecular complexity index is 460. The van der Waals surface area contributed by atoms with Gasteiger partial charge in [0.2, 0.25) is 0 Å². The van der Waals surface area contributed by atoms with Gasteiger partial charge in [-0.1, -0.05) is 35.4 Å². The molecule has 1 nitrogen and oxygen atoms in total. The van der Waals surface area contributed by atoms with Gasteiger partial charge in [-0.25, -0.2) is 0 Å². The quantitative estimate of drug-likeness (QED) is 0.710. The molecule has 1 aliphatic carbocycles. The molecule has 2 heteroatoms. The van der Waals surface area contributed by atoms with Crippen LogP contribution in [0.2, 0.25) is 0 Å². The maximum Gasteiger partial charge on any atom is 0.147 e. The van der Waals surface area contributed by atoms with E-state index in [0.29, 0.717) is 0 Å². The van der Waals surface area contributed by atoms with Crippen molar-refractivity contribution in [1.29, 1.82) is 0 Å². The monoisotopic (exact) mass is 234 g/mol. The highest BCUT2D eigenvalue weighted by Crippen LogP contribution is 2.41. The van der Waals surface area contributed by atoms with Crippen LogP contribution < -0.4 is 0 Å². The molecule has 0 amide bonds. The van der Waals surface area contributed by atoms with Crippen LogP contribution in [0.3, 0.4) is 0 Å². The van der Waals surface area contributed by atoms with Gasteiger partial charge in [0.1, 0.15) is 6.29 Å². The van der Waals surface area contributed by atoms with E-state index < -0.39 is 0 Å². The number of rotatable bonds is 2. The fourth-order valence-electron chi connectivity index (χ4n) is 2.45. The van der Waals surface area contributed by atoms with Crippen LogP contribution in [0.25, 0.3) is 0 Å². The Labute approximate surface area is 101 Å². The van der Waals surface area contributed by atoms with Gasteiger partial charge in [-0.3, -0.25) is 4.79 Å². The predicted octanol–water partition coefficient (Wildman–Crippen LogP) is 3.87. The summed E-state index contributed by atoms with van der Waals surface area (Å²) in [7, 11) is 0. The lowest BCUT2D eigenvalue weighted by atomic mass is 9.89. The molecule has 1 aromatic carbocycles. The zero-order valence-corrected chi connectivity index (χ0v) is 10.3. The number of hydrogen-bond donors (Lipinski definition) is 0. The van der Waals surface area contributed by atoms with Crippen molar-refractivity contribution in [2.24, 2.45) is 0 Å². The van der Waals surface area contributed by atoms with Crippen molar-refractivity contribution in [3.8, 4) is 0 Å². The summed E-state index contributed by atoms with van der Waals surface area (Å²) in [6.45, 7) is 4.17. The third kappa shape index (κ3) is 1.92. The summed E-state index contributed by atoms with van der Waals surface area (Å²) >= 11 is 6.05. The highest BCUT2D eigenvalue weighted by Gasteiger charge is 2.26. The molecule has 2 rings (SSSR count). The summed E-state index contributed by atoms with van der Waals surface area (Å²) in [5, 5.41) is 0.736. The second-order valence-electron chi connectivity index (χ2n) is 4.43. The van der Waals surface area contributed by atoms with Gasteiger partial charge in [0.25, 0.3) is 0 Å². The molecular formula is C14H15ClO. The fourth-order valence-corrected chi connectivity index (χ4v) is 2.73. The molecule has 1 atom stereocenters. The van der Waals surface area contributed by atoms with Crippen LogP contribution >= 0.6 is 11.6 Å². The van der Waals surface area contributed by atoms with E-state index in [2.05, 4.69) is 32.0 Å². The minimum absolute atomic E-state index is 0.200. The van der Waals surface area contributed by atoms with Gasteiger partial charge in [-0.2, -0.15) is 0 Å². The molecule has 0 aromatic heterocycles. The molecule has 84 valence electrons. The topological polar surface area (TPSA) is 17.1 Å². The minimum Gasteiger partial charge on any atom is -0.298 e. The van der Waals surface area contributed by atoms with Crippen molar-refractivity contribution < 1.29 is 4.79 Å². The maximum absolute atomic E-state index is 11.0. The standard InChI is InChI=1S/C14H15ClO/c1-9-3-4-11(10(2)7-9)12-5-6-14(15)13(12)8-16/h3-4,7-8,12H,5-6H2,1-2H3. The number of allylic oxidation sites excluding steroid dienone is 2. The van der Waals surface area contributed by atoms with Gasteiger partial charge < -0.3 is 0 Å². The minimum atomic E-state index is 0.200. The van der Waals surface area contributed by atoms with Crippen molar-refractivity contribution in [3.05, 3.63) is 45.5 Å². The van der Waals surface area contributed by atoms with Crippen molar-refractivity contribution in [3.63, 3.8) is 0 Å². The Morgan fingerprint density at radius 2 is 2.12 bits per heavy atom. The predicted molar refractivity (Wildman–Crippen MR) is 66.8 cm³/mol. The Balaban J connectivity index is 2.42. The number of aryl methyl sites for hydroxylation is 2. The molecule has 0 saturated heterocycles. The Morgan fingerprint density at radius 3 is 2.75 bits per heavy atom. The molecule has 0 saturated carbocycles. The average Bonchev–Trinajstić information content (AvgIpc) is 2.59. The zero-order chi connectivity index (χ0) is 11.7. The molecular weight excluding hydrogens is 220 g/mol. The summed E-state index contributed by atoms with van der Waals surface area (Å²) in [5.41, 5.74) is 4.51. The van der Waals surface area contributed by atoms with Crippen LogP contribution in [0.1, 0.15) is 35.4 Å². The molecule has 0 N–H and O–H groups in total. The normalized spacial score (nSPS) is 20.3. The molecule has 0 fully saturated rings. The highest BCUT2D eigenvalue weighted by molar-refractivity contribution is 6.31. The Kier molecular flexibility index (Phi) is 3.15. The first-order chi connectivity index (χ1) is 7.63. The van der Waals surface area contributed by atoms with Gasteiger partial charge in [0.05, 0.1) is 0 Å². The van der Waals surface area contributed by atoms with E-state index in [4.69, 9.17) is 11.6 Å². The van der Waals surface area contributed by atoms with Crippen molar-refractivity contribution >= 4 is 17.9 Å². The molecule has 16 heavy (non-hydrogen) atoms. The summed E-state index contributed by atoms with van der Waals surface area (Å²) in [6.07, 6.45) is 2.70. The van der Waals surface area contributed by atoms with Crippen molar-refractivity contribution in [1.82, 2.24) is 0 Å². The summed E-state index contributed by atoms with van der Waals surface area (Å²) in [5.74, 6) is 0.200. The molecule has 0 spiro atoms. The number of hydrogen-bond acceptors (Lipinski definition) is 1. The number of benzene rings is 1. The van der Waals surface area contributed by atoms with E-state index >= 15 is 0 Å². The molecule has 1 unspecified atom stereocenters. The second kappa shape index (κ2) is 4.42. The van der Waals surface area contributed by atoms with Crippen LogP contribution in [-0.4, -0.2) is 6.29 Å². The van der Waals surface area contributed by atoms with E-state index in [-0.39, 0.29) is 5.92 Å². The van der Waals surface area contributed by atoms with Crippen LogP contribution in [0.4, 0.5) is 0 Å². The van der Waals surface area contributed by atoms with E-state index in [1.54, 1.807) is 0 Å². The molecule has 1 aromatic rings. The first-order valence-electron chi connectivity index (χ1n) is 5.54. The zero-order valence-electron chi connectivity index (χ0n) is 9.59. The molecule has 0 heterocycles.